The summed E-state index contributed by atoms with van der Waals surface area (Å²) in [6.45, 7) is 18.6. The molecule has 0 saturated heterocycles. The smallest absolute Gasteiger partial charge is 0.169 e. The molecule has 782 valence electrons. The number of nitrogen functional groups attached to an aromatic ring is 1. The van der Waals surface area contributed by atoms with Crippen molar-refractivity contribution in [3.63, 3.8) is 0 Å². The molecule has 18 N–H and O–H groups in total. The van der Waals surface area contributed by atoms with Gasteiger partial charge in [-0.05, 0) is 407 Å². The third-order valence-electron chi connectivity index (χ3n) is 34.2. The quantitative estimate of drug-likeness (QED) is 0.0447. The number of methoxy groups -OCH3 is 6. The number of likely N-dealkylation sites (N-methyl/N-ethyl adjacent to an activating group) is 6. The average molecular weight is 2030 g/mol. The fourth-order valence-electron chi connectivity index (χ4n) is 26.4. The molecular formula is C120H137N9O20. The Morgan fingerprint density at radius 1 is 0.295 bits per heavy atom. The zero-order valence-corrected chi connectivity index (χ0v) is 88.4. The molecule has 12 aliphatic rings. The summed E-state index contributed by atoms with van der Waals surface area (Å²) in [6, 6.07) is 26.0. The van der Waals surface area contributed by atoms with Gasteiger partial charge in [-0.1, -0.05) is 6.92 Å². The number of phenols is 12. The number of aryl methyl sites for hydroxylation is 6. The molecule has 0 bridgehead atoms. The molecule has 0 spiro atoms. The van der Waals surface area contributed by atoms with E-state index in [0.29, 0.717) is 86.9 Å². The molecular weight excluding hydrogens is 1890 g/mol. The Balaban J connectivity index is 0.000000112. The summed E-state index contributed by atoms with van der Waals surface area (Å²) in [7, 11) is 22.1. The number of aliphatic hydroxyl groups excluding tert-OH is 2. The second-order valence-corrected chi connectivity index (χ2v) is 42.1. The Morgan fingerprint density at radius 3 is 0.852 bits per heavy atom. The summed E-state index contributed by atoms with van der Waals surface area (Å²) < 4.78 is 33.6. The van der Waals surface area contributed by atoms with Gasteiger partial charge in [0, 0.05) is 138 Å². The second kappa shape index (κ2) is 40.1. The van der Waals surface area contributed by atoms with Crippen molar-refractivity contribution in [3.8, 4) is 176 Å². The Kier molecular flexibility index (Phi) is 27.9. The first-order valence-electron chi connectivity index (χ1n) is 51.3. The third kappa shape index (κ3) is 16.7. The monoisotopic (exact) mass is 2020 g/mol. The van der Waals surface area contributed by atoms with Gasteiger partial charge in [0.05, 0.1) is 67.1 Å². The highest BCUT2D eigenvalue weighted by Gasteiger charge is 2.47. The van der Waals surface area contributed by atoms with Gasteiger partial charge in [0.15, 0.2) is 69.0 Å². The number of nitriles is 1. The number of benzene rings is 12. The maximum atomic E-state index is 10.9. The topological polar surface area (TPSA) is 434 Å². The number of rotatable bonds is 10. The molecule has 12 aromatic carbocycles. The van der Waals surface area contributed by atoms with E-state index in [-0.39, 0.29) is 107 Å². The molecule has 0 aromatic heterocycles. The maximum Gasteiger partial charge on any atom is 0.169 e. The van der Waals surface area contributed by atoms with Gasteiger partial charge in [0.2, 0.25) is 0 Å². The number of hydrogen-bond acceptors (Lipinski definition) is 29. The summed E-state index contributed by atoms with van der Waals surface area (Å²) in [5.74, 6) is 4.98. The SMILES string of the molecule is CCc1c(O)c(OC)c2c3c1CCN(C)C3Cc1cc(O)c(C)cc1-2.COc1c(O)c(CN)c2c3c1-c1cc(C)c(O)cc1CC3N(C)CC2.COc1c(O)c(CO)c2c3c1-c1cc(C)c(O)cc1CC3N(C)CC2.COc1c(O)c(CO)c2c3c1-c1cc(C)c(O)cc1CC3N(C)CC2.COc1c(O)cc2c3c1-c1cc(C)c(O)c(C#N)c1CC3N(C)CC2.COc1c(O)cc2c3c1-c1cc(C)c(O)c(N)c1CC3N(C)CC2. The number of aromatic hydroxyl groups is 12. The van der Waals surface area contributed by atoms with Crippen LogP contribution in [0, 0.1) is 52.9 Å². The molecule has 12 aromatic rings. The Labute approximate surface area is 869 Å². The third-order valence-corrected chi connectivity index (χ3v) is 34.2. The van der Waals surface area contributed by atoms with E-state index in [1.807, 2.05) is 101 Å². The van der Waals surface area contributed by atoms with E-state index < -0.39 is 0 Å². The van der Waals surface area contributed by atoms with Crippen molar-refractivity contribution in [2.24, 2.45) is 5.73 Å². The fraction of sp³-hybridized carbons (Fsp3) is 0.392. The van der Waals surface area contributed by atoms with Crippen LogP contribution in [0.5, 0.6) is 103 Å². The lowest BCUT2D eigenvalue weighted by Crippen LogP contribution is -2.36. The number of nitrogens with zero attached hydrogens (tertiary/aromatic N) is 7. The van der Waals surface area contributed by atoms with Gasteiger partial charge in [0.25, 0.3) is 0 Å². The lowest BCUT2D eigenvalue weighted by molar-refractivity contribution is 0.221. The summed E-state index contributed by atoms with van der Waals surface area (Å²) in [4.78, 5) is 13.9. The summed E-state index contributed by atoms with van der Waals surface area (Å²) in [6.07, 6.45) is 10.6. The van der Waals surface area contributed by atoms with E-state index in [1.54, 1.807) is 55.6 Å². The van der Waals surface area contributed by atoms with Crippen LogP contribution < -0.4 is 39.9 Å². The highest BCUT2D eigenvalue weighted by atomic mass is 16.5. The first kappa shape index (κ1) is 104. The van der Waals surface area contributed by atoms with Crippen molar-refractivity contribution >= 4 is 5.69 Å². The minimum absolute atomic E-state index is 0.0284. The van der Waals surface area contributed by atoms with Crippen LogP contribution >= 0.6 is 0 Å². The predicted molar refractivity (Wildman–Crippen MR) is 574 cm³/mol. The van der Waals surface area contributed by atoms with Crippen molar-refractivity contribution in [3.05, 3.63) is 234 Å². The van der Waals surface area contributed by atoms with Crippen LogP contribution in [-0.2, 0) is 103 Å². The number of aliphatic hydroxyl groups is 2. The standard InChI is InChI=1S/C21H25NO3.C20H24N2O3.C20H20N2O3.2C20H23NO4.C19H22N2O3/c1-5-13-14-6-7-22(3)16-9-12-10-17(23)11(2)8-15(12)19(18(14)16)21(25-4)20(13)24;1-10-6-13-11(8-16(10)23)7-15-17-12(4-5-22(15)2)14(9-21)19(24)20(25-3)18(13)17;1-10-6-13-12(14(9-21)19(10)24)8-15-17-11(4-5-22(15)2)7-16(23)20(25-3)18(13)17;2*1-10-6-13-11(8-16(10)23)7-15-17-12(4-5-21(15)2)14(9-22)19(24)20(25-3)18(13)17;1-9-6-11-12(17(20)18(9)23)8-13-15-10(4-5-21(13)2)7-14(22)19(24-3)16(11)15/h8,10,16,23-24H,5-7,9H2,1-4H3;6,8,15,23-24H,4-5,7,9,21H2,1-3H3;6-7,15,23-24H,4-5,8H2,1-3H3;2*6,8,15,22-24H,4-5,7,9H2,1-3H3;6-7,13,22-23H,4-5,8,20H2,1-3H3. The highest BCUT2D eigenvalue weighted by Crippen LogP contribution is 2.63. The molecule has 29 heteroatoms. The zero-order valence-electron chi connectivity index (χ0n) is 88.4. The Hall–Kier alpha value is -14.0. The largest absolute Gasteiger partial charge is 0.508 e. The normalized spacial score (nSPS) is 18.6. The van der Waals surface area contributed by atoms with Crippen molar-refractivity contribution < 1.29 is 99.9 Å². The number of anilines is 1. The summed E-state index contributed by atoms with van der Waals surface area (Å²) in [5.41, 5.74) is 52.1. The molecule has 149 heavy (non-hydrogen) atoms. The van der Waals surface area contributed by atoms with Crippen molar-refractivity contribution in [1.82, 2.24) is 29.4 Å². The molecule has 6 atom stereocenters. The van der Waals surface area contributed by atoms with E-state index >= 15 is 0 Å². The van der Waals surface area contributed by atoms with E-state index in [0.717, 1.165) is 289 Å². The van der Waals surface area contributed by atoms with E-state index in [4.69, 9.17) is 39.9 Å². The molecule has 6 aliphatic carbocycles. The molecule has 0 saturated carbocycles. The van der Waals surface area contributed by atoms with Crippen molar-refractivity contribution in [2.75, 3.05) is 130 Å². The molecule has 0 amide bonds. The minimum Gasteiger partial charge on any atom is -0.508 e. The molecule has 0 fully saturated rings. The summed E-state index contributed by atoms with van der Waals surface area (Å²) in [5, 5.41) is 155. The van der Waals surface area contributed by atoms with Crippen LogP contribution in [0.1, 0.15) is 205 Å². The number of fused-ring (bicyclic) bond motifs is 12. The van der Waals surface area contributed by atoms with E-state index in [9.17, 15) is 76.8 Å². The second-order valence-electron chi connectivity index (χ2n) is 42.1. The van der Waals surface area contributed by atoms with E-state index in [2.05, 4.69) is 84.7 Å². The first-order valence-corrected chi connectivity index (χ1v) is 51.3. The predicted octanol–water partition coefficient (Wildman–Crippen LogP) is 17.5. The lowest BCUT2D eigenvalue weighted by atomic mass is 9.74. The summed E-state index contributed by atoms with van der Waals surface area (Å²) >= 11 is 0. The molecule has 29 nitrogen and oxygen atoms in total. The Bertz CT molecular complexity index is 6990. The van der Waals surface area contributed by atoms with Crippen LogP contribution in [0.2, 0.25) is 0 Å². The number of phenolic OH excluding ortho intramolecular Hbond substituents is 10. The van der Waals surface area contributed by atoms with Gasteiger partial charge < -0.3 is 111 Å². The average Bonchev–Trinajstić information content (AvgIpc) is 0.713. The fourth-order valence-corrected chi connectivity index (χ4v) is 26.4. The number of hydrogen-bond donors (Lipinski definition) is 16. The van der Waals surface area contributed by atoms with Crippen LogP contribution in [0.4, 0.5) is 5.69 Å². The zero-order chi connectivity index (χ0) is 107. The van der Waals surface area contributed by atoms with Crippen LogP contribution in [0.15, 0.2) is 72.8 Å². The van der Waals surface area contributed by atoms with Gasteiger partial charge in [-0.3, -0.25) is 29.4 Å². The van der Waals surface area contributed by atoms with Gasteiger partial charge in [0.1, 0.15) is 40.6 Å². The van der Waals surface area contributed by atoms with E-state index in [1.165, 1.54) is 33.4 Å². The molecule has 6 unspecified atom stereocenters. The van der Waals surface area contributed by atoms with Crippen LogP contribution in [-0.4, -0.2) is 225 Å². The molecule has 6 aliphatic heterocycles. The minimum atomic E-state index is -0.206. The van der Waals surface area contributed by atoms with Gasteiger partial charge in [-0.25, -0.2) is 0 Å². The first-order chi connectivity index (χ1) is 71.3. The van der Waals surface area contributed by atoms with Crippen molar-refractivity contribution in [1.29, 1.82) is 5.26 Å². The number of nitrogens with two attached hydrogens (primary N) is 2. The number of ether oxygens (including phenoxy) is 6. The molecule has 0 radical (unpaired) electrons. The van der Waals surface area contributed by atoms with Crippen molar-refractivity contribution in [2.45, 2.75) is 188 Å². The van der Waals surface area contributed by atoms with Gasteiger partial charge in [-0.15, -0.1) is 0 Å². The molecule has 24 rings (SSSR count). The maximum absolute atomic E-state index is 10.9. The van der Waals surface area contributed by atoms with Gasteiger partial charge in [-0.2, -0.15) is 5.26 Å². The molecule has 6 heterocycles. The highest BCUT2D eigenvalue weighted by molar-refractivity contribution is 5.93. The van der Waals surface area contributed by atoms with Crippen LogP contribution in [0.25, 0.3) is 66.8 Å². The lowest BCUT2D eigenvalue weighted by Gasteiger charge is -2.41. The Morgan fingerprint density at radius 2 is 0.550 bits per heavy atom. The van der Waals surface area contributed by atoms with Gasteiger partial charge >= 0.3 is 0 Å². The van der Waals surface area contributed by atoms with Crippen LogP contribution in [0.3, 0.4) is 0 Å².